The maximum absolute atomic E-state index is 13.8. The Labute approximate surface area is 191 Å². The molecule has 1 N–H and O–H groups in total. The van der Waals surface area contributed by atoms with Gasteiger partial charge in [0.2, 0.25) is 17.7 Å². The minimum Gasteiger partial charge on any atom is -0.324 e. The van der Waals surface area contributed by atoms with E-state index in [2.05, 4.69) is 5.32 Å². The van der Waals surface area contributed by atoms with Crippen molar-refractivity contribution in [1.82, 2.24) is 4.90 Å². The number of fused-ring (bicyclic) bond motifs is 7. The maximum atomic E-state index is 13.8. The highest BCUT2D eigenvalue weighted by molar-refractivity contribution is 6.36. The maximum Gasteiger partial charge on any atom is 0.416 e. The van der Waals surface area contributed by atoms with Gasteiger partial charge >= 0.3 is 6.18 Å². The van der Waals surface area contributed by atoms with Gasteiger partial charge in [-0.15, -0.1) is 0 Å². The fourth-order valence-electron chi connectivity index (χ4n) is 6.26. The van der Waals surface area contributed by atoms with Crippen molar-refractivity contribution in [2.45, 2.75) is 30.6 Å². The summed E-state index contributed by atoms with van der Waals surface area (Å²) in [5, 5.41) is 2.71. The number of rotatable bonds is 1. The molecule has 0 aromatic heterocycles. The Balaban J connectivity index is 1.54. The molecule has 2 aromatic rings. The third-order valence-electron chi connectivity index (χ3n) is 7.41. The molecule has 0 aliphatic carbocycles. The number of anilines is 2. The summed E-state index contributed by atoms with van der Waals surface area (Å²) in [4.78, 5) is 43.6. The van der Waals surface area contributed by atoms with E-state index in [4.69, 9.17) is 11.6 Å². The molecule has 6 rings (SSSR count). The normalized spacial score (nSPS) is 30.7. The van der Waals surface area contributed by atoms with Crippen LogP contribution in [-0.4, -0.2) is 35.2 Å². The lowest BCUT2D eigenvalue weighted by Crippen LogP contribution is -2.54. The largest absolute Gasteiger partial charge is 0.416 e. The minimum atomic E-state index is -4.67. The quantitative estimate of drug-likeness (QED) is 0.637. The smallest absolute Gasteiger partial charge is 0.324 e. The van der Waals surface area contributed by atoms with E-state index in [9.17, 15) is 27.6 Å². The molecule has 4 atom stereocenters. The highest BCUT2D eigenvalue weighted by atomic mass is 35.5. The molecule has 0 radical (unpaired) electrons. The van der Waals surface area contributed by atoms with Gasteiger partial charge in [0, 0.05) is 17.3 Å². The van der Waals surface area contributed by atoms with Gasteiger partial charge in [-0.1, -0.05) is 29.8 Å². The molecule has 33 heavy (non-hydrogen) atoms. The summed E-state index contributed by atoms with van der Waals surface area (Å²) in [6, 6.07) is 9.23. The number of alkyl halides is 3. The molecule has 10 heteroatoms. The number of carbonyl (C=O) groups excluding carboxylic acids is 3. The second-order valence-corrected chi connectivity index (χ2v) is 9.26. The Morgan fingerprint density at radius 3 is 2.58 bits per heavy atom. The van der Waals surface area contributed by atoms with Crippen LogP contribution in [0.3, 0.4) is 0 Å². The number of amides is 3. The Morgan fingerprint density at radius 2 is 1.82 bits per heavy atom. The van der Waals surface area contributed by atoms with Crippen molar-refractivity contribution in [3.05, 3.63) is 58.6 Å². The van der Waals surface area contributed by atoms with E-state index < -0.39 is 40.9 Å². The standard InChI is InChI=1S/C23H17ClF3N3O3/c24-13-8-7-11(23(25,26)27)10-16(13)30-19(31)17-15-6-3-9-29(15)22(18(17)20(30)32)12-4-1-2-5-14(12)28-21(22)33/h1-2,4-5,7-8,10,15,17-18H,3,6,9H2,(H,28,33)/t15-,17+,18-,22+/m0/s1. The number of hydrogen-bond acceptors (Lipinski definition) is 4. The molecule has 0 unspecified atom stereocenters. The minimum absolute atomic E-state index is 0.140. The lowest BCUT2D eigenvalue weighted by molar-refractivity contribution is -0.137. The zero-order chi connectivity index (χ0) is 23.3. The summed E-state index contributed by atoms with van der Waals surface area (Å²) in [5.41, 5.74) is -1.50. The second-order valence-electron chi connectivity index (χ2n) is 8.85. The van der Waals surface area contributed by atoms with Gasteiger partial charge in [0.1, 0.15) is 5.54 Å². The third-order valence-corrected chi connectivity index (χ3v) is 7.73. The summed E-state index contributed by atoms with van der Waals surface area (Å²) in [6.07, 6.45) is -3.31. The molecule has 170 valence electrons. The fraction of sp³-hybridized carbons (Fsp3) is 0.348. The number of hydrogen-bond donors (Lipinski definition) is 1. The molecule has 3 saturated heterocycles. The summed E-state index contributed by atoms with van der Waals surface area (Å²) in [5.74, 6) is -3.60. The highest BCUT2D eigenvalue weighted by Crippen LogP contribution is 2.60. The lowest BCUT2D eigenvalue weighted by atomic mass is 9.75. The first-order chi connectivity index (χ1) is 15.7. The number of carbonyl (C=O) groups is 3. The molecule has 6 nitrogen and oxygen atoms in total. The van der Waals surface area contributed by atoms with Crippen LogP contribution in [-0.2, 0) is 26.1 Å². The van der Waals surface area contributed by atoms with Gasteiger partial charge < -0.3 is 5.32 Å². The number of benzene rings is 2. The molecule has 4 aliphatic heterocycles. The lowest BCUT2D eigenvalue weighted by Gasteiger charge is -2.36. The van der Waals surface area contributed by atoms with Crippen LogP contribution in [0.4, 0.5) is 24.5 Å². The van der Waals surface area contributed by atoms with Crippen molar-refractivity contribution in [1.29, 1.82) is 0 Å². The Kier molecular flexibility index (Phi) is 4.12. The second kappa shape index (κ2) is 6.57. The van der Waals surface area contributed by atoms with Gasteiger partial charge in [-0.25, -0.2) is 4.90 Å². The average Bonchev–Trinajstić information content (AvgIpc) is 3.46. The van der Waals surface area contributed by atoms with Gasteiger partial charge in [-0.2, -0.15) is 13.2 Å². The molecule has 1 spiro atoms. The van der Waals surface area contributed by atoms with Gasteiger partial charge in [0.25, 0.3) is 0 Å². The molecule has 4 aliphatic rings. The first-order valence-electron chi connectivity index (χ1n) is 10.6. The van der Waals surface area contributed by atoms with Crippen molar-refractivity contribution in [2.75, 3.05) is 16.8 Å². The van der Waals surface area contributed by atoms with Crippen molar-refractivity contribution >= 4 is 40.7 Å². The van der Waals surface area contributed by atoms with E-state index in [1.165, 1.54) is 0 Å². The summed E-state index contributed by atoms with van der Waals surface area (Å²) in [6.45, 7) is 0.546. The predicted molar refractivity (Wildman–Crippen MR) is 112 cm³/mol. The highest BCUT2D eigenvalue weighted by Gasteiger charge is 2.74. The Hall–Kier alpha value is -2.91. The van der Waals surface area contributed by atoms with Crippen LogP contribution in [0.15, 0.2) is 42.5 Å². The number of halogens is 4. The van der Waals surface area contributed by atoms with Crippen molar-refractivity contribution in [2.24, 2.45) is 11.8 Å². The summed E-state index contributed by atoms with van der Waals surface area (Å²) in [7, 11) is 0. The van der Waals surface area contributed by atoms with Crippen LogP contribution in [0.2, 0.25) is 5.02 Å². The number of para-hydroxylation sites is 1. The van der Waals surface area contributed by atoms with Crippen molar-refractivity contribution < 1.29 is 27.6 Å². The molecular formula is C23H17ClF3N3O3. The molecule has 3 fully saturated rings. The number of nitrogens with zero attached hydrogens (tertiary/aromatic N) is 2. The monoisotopic (exact) mass is 475 g/mol. The zero-order valence-corrected chi connectivity index (χ0v) is 17.8. The number of imide groups is 1. The molecule has 4 heterocycles. The SMILES string of the molecule is O=C1[C@H]2[C@@H](C(=O)N1c1cc(C(F)(F)F)ccc1Cl)[C@]1(C(=O)Nc3ccccc31)N1CCC[C@@H]21. The van der Waals surface area contributed by atoms with E-state index in [-0.39, 0.29) is 22.7 Å². The number of nitrogens with one attached hydrogen (secondary N) is 1. The molecular weight excluding hydrogens is 459 g/mol. The molecule has 2 aromatic carbocycles. The van der Waals surface area contributed by atoms with Gasteiger partial charge in [-0.05, 0) is 43.7 Å². The van der Waals surface area contributed by atoms with Gasteiger partial charge in [-0.3, -0.25) is 19.3 Å². The summed E-state index contributed by atoms with van der Waals surface area (Å²) < 4.78 is 40.1. The van der Waals surface area contributed by atoms with Crippen LogP contribution in [0.25, 0.3) is 0 Å². The topological polar surface area (TPSA) is 69.7 Å². The Bertz CT molecular complexity index is 1250. The molecule has 3 amide bonds. The van der Waals surface area contributed by atoms with E-state index in [0.29, 0.717) is 24.2 Å². The summed E-state index contributed by atoms with van der Waals surface area (Å²) >= 11 is 6.18. The van der Waals surface area contributed by atoms with Crippen LogP contribution >= 0.6 is 11.6 Å². The van der Waals surface area contributed by atoms with Crippen LogP contribution in [0.1, 0.15) is 24.0 Å². The van der Waals surface area contributed by atoms with Crippen LogP contribution in [0, 0.1) is 11.8 Å². The van der Waals surface area contributed by atoms with Gasteiger partial charge in [0.15, 0.2) is 0 Å². The van der Waals surface area contributed by atoms with E-state index in [1.807, 2.05) is 4.90 Å². The third kappa shape index (κ3) is 2.46. The van der Waals surface area contributed by atoms with E-state index in [1.54, 1.807) is 24.3 Å². The molecule has 0 bridgehead atoms. The van der Waals surface area contributed by atoms with Gasteiger partial charge in [0.05, 0.1) is 28.1 Å². The first kappa shape index (κ1) is 20.7. The fourth-order valence-corrected chi connectivity index (χ4v) is 6.46. The first-order valence-corrected chi connectivity index (χ1v) is 11.0. The van der Waals surface area contributed by atoms with Crippen LogP contribution in [0.5, 0.6) is 0 Å². The Morgan fingerprint density at radius 1 is 1.06 bits per heavy atom. The predicted octanol–water partition coefficient (Wildman–Crippen LogP) is 3.79. The molecule has 0 saturated carbocycles. The van der Waals surface area contributed by atoms with Crippen molar-refractivity contribution in [3.8, 4) is 0 Å². The van der Waals surface area contributed by atoms with Crippen LogP contribution < -0.4 is 10.2 Å². The van der Waals surface area contributed by atoms with E-state index >= 15 is 0 Å². The van der Waals surface area contributed by atoms with E-state index in [0.717, 1.165) is 29.5 Å². The average molecular weight is 476 g/mol. The zero-order valence-electron chi connectivity index (χ0n) is 17.0. The van der Waals surface area contributed by atoms with Crippen molar-refractivity contribution in [3.63, 3.8) is 0 Å².